The van der Waals surface area contributed by atoms with Crippen molar-refractivity contribution in [3.8, 4) is 22.3 Å². The molecule has 0 saturated heterocycles. The van der Waals surface area contributed by atoms with Gasteiger partial charge in [-0.25, -0.2) is 0 Å². The van der Waals surface area contributed by atoms with Gasteiger partial charge in [-0.2, -0.15) is 71.8 Å². The van der Waals surface area contributed by atoms with E-state index in [0.29, 0.717) is 0 Å². The van der Waals surface area contributed by atoms with E-state index in [2.05, 4.69) is 185 Å². The van der Waals surface area contributed by atoms with Gasteiger partial charge in [0.05, 0.1) is 0 Å². The predicted molar refractivity (Wildman–Crippen MR) is 260 cm³/mol. The Morgan fingerprint density at radius 3 is 1.15 bits per heavy atom. The van der Waals surface area contributed by atoms with Crippen LogP contribution in [0.15, 0.2) is 158 Å². The first-order chi connectivity index (χ1) is 28.6. The van der Waals surface area contributed by atoms with Gasteiger partial charge in [0.1, 0.15) is 0 Å². The third kappa shape index (κ3) is 13.9. The van der Waals surface area contributed by atoms with Crippen molar-refractivity contribution in [1.82, 2.24) is 0 Å². The van der Waals surface area contributed by atoms with Gasteiger partial charge >= 0.3 is 52.4 Å². The van der Waals surface area contributed by atoms with Crippen LogP contribution in [0.25, 0.3) is 43.8 Å². The zero-order valence-corrected chi connectivity index (χ0v) is 44.9. The van der Waals surface area contributed by atoms with Gasteiger partial charge in [-0.3, -0.25) is 0 Å². The van der Waals surface area contributed by atoms with Crippen molar-refractivity contribution in [2.45, 2.75) is 66.2 Å². The Kier molecular flexibility index (Phi) is 24.4. The Morgan fingerprint density at radius 1 is 0.435 bits per heavy atom. The molecule has 0 saturated carbocycles. The largest absolute Gasteiger partial charge is 2.00 e. The predicted octanol–water partition coefficient (Wildman–Crippen LogP) is 9.09. The van der Waals surface area contributed by atoms with E-state index in [4.69, 9.17) is 0 Å². The third-order valence-electron chi connectivity index (χ3n) is 11.1. The van der Waals surface area contributed by atoms with Crippen LogP contribution in [-0.2, 0) is 65.2 Å². The molecule has 0 atom stereocenters. The minimum Gasteiger partial charge on any atom is -1.00 e. The monoisotopic (exact) mass is 1040 g/mol. The molecule has 2 aliphatic rings. The summed E-state index contributed by atoms with van der Waals surface area (Å²) in [6, 6.07) is 63.3. The molecule has 0 N–H and O–H groups in total. The second-order valence-electron chi connectivity index (χ2n) is 15.5. The number of hydrogen-bond donors (Lipinski definition) is 0. The number of benzene rings is 6. The SMILES string of the molecule is CCCP(CCC)c1cc2ccccc2[cH-]1.CCCP(CCC)c1cc2ccccc2[cH-]1.[Cl-].[Cl-].[Zr+2].[Zr+2].[c-]1cccc2c1Cc1ccccc1-2.[c-]1cccc2c1Cc1ccccc1-2. The minimum absolute atomic E-state index is 0. The molecule has 0 nitrogen and oxygen atoms in total. The number of hydrogen-bond acceptors (Lipinski definition) is 0. The van der Waals surface area contributed by atoms with Gasteiger partial charge in [0.2, 0.25) is 0 Å². The van der Waals surface area contributed by atoms with Gasteiger partial charge in [-0.05, 0) is 37.5 Å². The summed E-state index contributed by atoms with van der Waals surface area (Å²) < 4.78 is 0. The fraction of sp³-hybridized carbons (Fsp3) is 0.250. The Morgan fingerprint density at radius 2 is 0.774 bits per heavy atom. The fourth-order valence-electron chi connectivity index (χ4n) is 8.45. The second-order valence-corrected chi connectivity index (χ2v) is 20.4. The van der Waals surface area contributed by atoms with E-state index in [9.17, 15) is 0 Å². The summed E-state index contributed by atoms with van der Waals surface area (Å²) in [5.41, 5.74) is 11.0. The van der Waals surface area contributed by atoms with E-state index in [1.54, 1.807) is 10.6 Å². The normalized spacial score (nSPS) is 11.1. The van der Waals surface area contributed by atoms with E-state index < -0.39 is 0 Å². The summed E-state index contributed by atoms with van der Waals surface area (Å²) in [6.07, 6.45) is 12.9. The molecule has 316 valence electrons. The molecule has 0 spiro atoms. The van der Waals surface area contributed by atoms with E-state index >= 15 is 0 Å². The number of halogens is 2. The molecule has 10 rings (SSSR count). The molecular weight excluding hydrogens is 988 g/mol. The van der Waals surface area contributed by atoms with Crippen LogP contribution < -0.4 is 35.4 Å². The first-order valence-corrected chi connectivity index (χ1v) is 25.0. The van der Waals surface area contributed by atoms with Gasteiger partial charge in [-0.15, -0.1) is 91.8 Å². The minimum atomic E-state index is 0. The van der Waals surface area contributed by atoms with Gasteiger partial charge in [0.15, 0.2) is 0 Å². The van der Waals surface area contributed by atoms with Crippen LogP contribution in [-0.4, -0.2) is 24.6 Å². The molecule has 0 aromatic heterocycles. The molecular formula is C56H58Cl2P2Zr2-2. The summed E-state index contributed by atoms with van der Waals surface area (Å²) in [6.45, 7) is 9.20. The Balaban J connectivity index is 0.000000216. The van der Waals surface area contributed by atoms with Gasteiger partial charge < -0.3 is 24.8 Å². The van der Waals surface area contributed by atoms with Crippen LogP contribution in [0, 0.1) is 12.1 Å². The van der Waals surface area contributed by atoms with Crippen LogP contribution in [0.5, 0.6) is 0 Å². The van der Waals surface area contributed by atoms with E-state index in [1.807, 2.05) is 12.1 Å². The molecule has 0 aliphatic heterocycles. The van der Waals surface area contributed by atoms with Gasteiger partial charge in [0, 0.05) is 0 Å². The maximum atomic E-state index is 3.30. The number of fused-ring (bicyclic) bond motifs is 8. The average Bonchev–Trinajstić information content (AvgIpc) is 4.07. The Bertz CT molecular complexity index is 2180. The third-order valence-corrected chi connectivity index (χ3v) is 17.1. The first kappa shape index (κ1) is 54.1. The zero-order valence-electron chi connectivity index (χ0n) is 36.7. The summed E-state index contributed by atoms with van der Waals surface area (Å²) in [5.74, 6) is 0. The van der Waals surface area contributed by atoms with Crippen LogP contribution in [0.4, 0.5) is 0 Å². The topological polar surface area (TPSA) is 0 Å². The maximum Gasteiger partial charge on any atom is 2.00 e. The Labute approximate surface area is 426 Å². The maximum absolute atomic E-state index is 3.30. The van der Waals surface area contributed by atoms with Gasteiger partial charge in [0.25, 0.3) is 0 Å². The summed E-state index contributed by atoms with van der Waals surface area (Å²) in [7, 11) is 0.194. The van der Waals surface area contributed by atoms with E-state index in [1.165, 1.54) is 116 Å². The average molecular weight is 1050 g/mol. The van der Waals surface area contributed by atoms with E-state index in [0.717, 1.165) is 12.8 Å². The van der Waals surface area contributed by atoms with Crippen molar-refractivity contribution in [2.75, 3.05) is 24.6 Å². The molecule has 0 amide bonds. The smallest absolute Gasteiger partial charge is 1.00 e. The molecule has 6 heteroatoms. The van der Waals surface area contributed by atoms with Crippen LogP contribution >= 0.6 is 15.8 Å². The fourth-order valence-corrected chi connectivity index (χ4v) is 13.4. The van der Waals surface area contributed by atoms with Crippen molar-refractivity contribution >= 4 is 48.0 Å². The van der Waals surface area contributed by atoms with Crippen molar-refractivity contribution < 1.29 is 77.2 Å². The van der Waals surface area contributed by atoms with Crippen molar-refractivity contribution in [1.29, 1.82) is 0 Å². The second kappa shape index (κ2) is 27.9. The Hall–Kier alpha value is -2.25. The van der Waals surface area contributed by atoms with Crippen LogP contribution in [0.3, 0.4) is 0 Å². The quantitative estimate of drug-likeness (QED) is 0.0949. The summed E-state index contributed by atoms with van der Waals surface area (Å²) >= 11 is 0. The summed E-state index contributed by atoms with van der Waals surface area (Å²) in [4.78, 5) is 0. The molecule has 8 aromatic carbocycles. The molecule has 0 radical (unpaired) electrons. The number of rotatable bonds is 10. The standard InChI is InChI=1S/2C15H20P.2C13H9.2ClH.2Zr/c2*1-3-9-16(10-4-2)15-11-13-7-5-6-8-14(13)12-15;2*1-3-7-12-10(5-1)9-11-6-2-4-8-13(11)12;;;;/h2*5-8,11-12H,3-4,9-10H2,1-2H3;2*1-5,7-8H,9H2;2*1H;;/q4*-1;;;2*+2/p-2. The first-order valence-electron chi connectivity index (χ1n) is 21.6. The van der Waals surface area contributed by atoms with Crippen molar-refractivity contribution in [3.63, 3.8) is 0 Å². The van der Waals surface area contributed by atoms with Crippen molar-refractivity contribution in [2.24, 2.45) is 0 Å². The van der Waals surface area contributed by atoms with Crippen LogP contribution in [0.2, 0.25) is 0 Å². The molecule has 2 aliphatic carbocycles. The molecule has 62 heavy (non-hydrogen) atoms. The van der Waals surface area contributed by atoms with E-state index in [-0.39, 0.29) is 93.1 Å². The molecule has 0 unspecified atom stereocenters. The molecule has 0 bridgehead atoms. The zero-order chi connectivity index (χ0) is 40.1. The van der Waals surface area contributed by atoms with Gasteiger partial charge in [-0.1, -0.05) is 152 Å². The van der Waals surface area contributed by atoms with Crippen LogP contribution in [0.1, 0.15) is 75.6 Å². The molecule has 8 aromatic rings. The molecule has 0 heterocycles. The molecule has 0 fully saturated rings. The summed E-state index contributed by atoms with van der Waals surface area (Å²) in [5, 5.41) is 8.88. The van der Waals surface area contributed by atoms with Crippen molar-refractivity contribution in [3.05, 3.63) is 192 Å².